The van der Waals surface area contributed by atoms with E-state index in [9.17, 15) is 10.1 Å². The van der Waals surface area contributed by atoms with Crippen molar-refractivity contribution in [3.05, 3.63) is 33.9 Å². The molecule has 0 atom stereocenters. The molecule has 0 aliphatic rings. The molecule has 0 aromatic heterocycles. The molecule has 1 aromatic rings. The number of ether oxygens (including phenoxy) is 1. The SMILES string of the molecule is COc1cccc([N+](=O)[O-])c1CCl. The minimum absolute atomic E-state index is 0.00523. The zero-order chi connectivity index (χ0) is 9.84. The number of hydrogen-bond acceptors (Lipinski definition) is 3. The summed E-state index contributed by atoms with van der Waals surface area (Å²) in [4.78, 5) is 10.1. The molecule has 13 heavy (non-hydrogen) atoms. The third kappa shape index (κ3) is 1.89. The Bertz CT molecular complexity index is 327. The molecule has 70 valence electrons. The fourth-order valence-electron chi connectivity index (χ4n) is 1.05. The van der Waals surface area contributed by atoms with E-state index in [-0.39, 0.29) is 11.6 Å². The molecule has 0 saturated carbocycles. The van der Waals surface area contributed by atoms with Crippen LogP contribution in [0.25, 0.3) is 0 Å². The molecule has 0 radical (unpaired) electrons. The van der Waals surface area contributed by atoms with E-state index in [1.165, 1.54) is 13.2 Å². The minimum Gasteiger partial charge on any atom is -0.496 e. The molecule has 0 N–H and O–H groups in total. The third-order valence-corrected chi connectivity index (χ3v) is 1.93. The van der Waals surface area contributed by atoms with Crippen LogP contribution in [0, 0.1) is 10.1 Å². The normalized spacial score (nSPS) is 9.69. The zero-order valence-corrected chi connectivity index (χ0v) is 7.75. The minimum atomic E-state index is -0.472. The molecular weight excluding hydrogens is 194 g/mol. The monoisotopic (exact) mass is 201 g/mol. The summed E-state index contributed by atoms with van der Waals surface area (Å²) >= 11 is 5.58. The number of nitrogens with zero attached hydrogens (tertiary/aromatic N) is 1. The molecule has 1 rings (SSSR count). The number of methoxy groups -OCH3 is 1. The van der Waals surface area contributed by atoms with Crippen molar-refractivity contribution in [3.63, 3.8) is 0 Å². The van der Waals surface area contributed by atoms with Gasteiger partial charge in [0.1, 0.15) is 5.75 Å². The predicted molar refractivity (Wildman–Crippen MR) is 49.2 cm³/mol. The van der Waals surface area contributed by atoms with Crippen LogP contribution in [0.15, 0.2) is 18.2 Å². The molecular formula is C8H8ClNO3. The maximum absolute atomic E-state index is 10.5. The number of benzene rings is 1. The van der Waals surface area contributed by atoms with Crippen LogP contribution < -0.4 is 4.74 Å². The van der Waals surface area contributed by atoms with Gasteiger partial charge >= 0.3 is 0 Å². The van der Waals surface area contributed by atoms with E-state index in [0.29, 0.717) is 11.3 Å². The molecule has 0 heterocycles. The van der Waals surface area contributed by atoms with Crippen LogP contribution in [-0.4, -0.2) is 12.0 Å². The van der Waals surface area contributed by atoms with Crippen LogP contribution >= 0.6 is 11.6 Å². The highest BCUT2D eigenvalue weighted by molar-refractivity contribution is 6.17. The lowest BCUT2D eigenvalue weighted by Crippen LogP contribution is -1.96. The van der Waals surface area contributed by atoms with Crippen LogP contribution in [0.1, 0.15) is 5.56 Å². The molecule has 0 amide bonds. The third-order valence-electron chi connectivity index (χ3n) is 1.66. The summed E-state index contributed by atoms with van der Waals surface area (Å²) in [6.45, 7) is 0. The van der Waals surface area contributed by atoms with Crippen molar-refractivity contribution in [2.75, 3.05) is 7.11 Å². The summed E-state index contributed by atoms with van der Waals surface area (Å²) in [6.07, 6.45) is 0. The van der Waals surface area contributed by atoms with E-state index >= 15 is 0 Å². The van der Waals surface area contributed by atoms with E-state index in [4.69, 9.17) is 16.3 Å². The van der Waals surface area contributed by atoms with E-state index in [0.717, 1.165) is 0 Å². The summed E-state index contributed by atoms with van der Waals surface area (Å²) in [5.74, 6) is 0.518. The van der Waals surface area contributed by atoms with Gasteiger partial charge in [-0.2, -0.15) is 0 Å². The summed E-state index contributed by atoms with van der Waals surface area (Å²) in [5, 5.41) is 10.5. The molecule has 4 nitrogen and oxygen atoms in total. The van der Waals surface area contributed by atoms with Gasteiger partial charge in [-0.3, -0.25) is 10.1 Å². The molecule has 0 bridgehead atoms. The van der Waals surface area contributed by atoms with Crippen molar-refractivity contribution in [2.45, 2.75) is 5.88 Å². The number of hydrogen-bond donors (Lipinski definition) is 0. The Labute approximate surface area is 80.2 Å². The largest absolute Gasteiger partial charge is 0.496 e. The molecule has 0 aliphatic heterocycles. The number of nitro groups is 1. The average Bonchev–Trinajstić information content (AvgIpc) is 2.16. The van der Waals surface area contributed by atoms with Gasteiger partial charge in [0.25, 0.3) is 5.69 Å². The van der Waals surface area contributed by atoms with Crippen molar-refractivity contribution in [1.29, 1.82) is 0 Å². The van der Waals surface area contributed by atoms with Gasteiger partial charge < -0.3 is 4.74 Å². The highest BCUT2D eigenvalue weighted by atomic mass is 35.5. The van der Waals surface area contributed by atoms with Crippen LogP contribution in [0.4, 0.5) is 5.69 Å². The molecule has 0 aliphatic carbocycles. The van der Waals surface area contributed by atoms with E-state index in [2.05, 4.69) is 0 Å². The van der Waals surface area contributed by atoms with E-state index < -0.39 is 4.92 Å². The topological polar surface area (TPSA) is 52.4 Å². The lowest BCUT2D eigenvalue weighted by molar-refractivity contribution is -0.385. The number of rotatable bonds is 3. The second kappa shape index (κ2) is 4.09. The predicted octanol–water partition coefficient (Wildman–Crippen LogP) is 2.34. The summed E-state index contributed by atoms with van der Waals surface area (Å²) in [7, 11) is 1.45. The molecule has 0 fully saturated rings. The Balaban J connectivity index is 3.27. The second-order valence-corrected chi connectivity index (χ2v) is 2.62. The summed E-state index contributed by atoms with van der Waals surface area (Å²) < 4.78 is 4.94. The summed E-state index contributed by atoms with van der Waals surface area (Å²) in [5.41, 5.74) is 0.408. The van der Waals surface area contributed by atoms with Crippen LogP contribution in [-0.2, 0) is 5.88 Å². The van der Waals surface area contributed by atoms with Gasteiger partial charge in [-0.15, -0.1) is 11.6 Å². The fourth-order valence-corrected chi connectivity index (χ4v) is 1.32. The van der Waals surface area contributed by atoms with Gasteiger partial charge in [-0.1, -0.05) is 6.07 Å². The first kappa shape index (κ1) is 9.80. The smallest absolute Gasteiger partial charge is 0.277 e. The standard InChI is InChI=1S/C8H8ClNO3/c1-13-8-4-2-3-7(10(11)12)6(8)5-9/h2-4H,5H2,1H3. The van der Waals surface area contributed by atoms with Gasteiger partial charge in [-0.05, 0) is 6.07 Å². The maximum Gasteiger partial charge on any atom is 0.277 e. The van der Waals surface area contributed by atoms with Crippen molar-refractivity contribution in [2.24, 2.45) is 0 Å². The van der Waals surface area contributed by atoms with Crippen molar-refractivity contribution in [3.8, 4) is 5.75 Å². The lowest BCUT2D eigenvalue weighted by Gasteiger charge is -2.05. The Morgan fingerprint density at radius 3 is 2.77 bits per heavy atom. The average molecular weight is 202 g/mol. The van der Waals surface area contributed by atoms with Gasteiger partial charge in [0.05, 0.1) is 23.5 Å². The number of halogens is 1. The molecule has 5 heteroatoms. The second-order valence-electron chi connectivity index (χ2n) is 2.35. The van der Waals surface area contributed by atoms with Gasteiger partial charge in [-0.25, -0.2) is 0 Å². The van der Waals surface area contributed by atoms with Crippen molar-refractivity contribution in [1.82, 2.24) is 0 Å². The highest BCUT2D eigenvalue weighted by Crippen LogP contribution is 2.29. The van der Waals surface area contributed by atoms with Crippen molar-refractivity contribution < 1.29 is 9.66 Å². The van der Waals surface area contributed by atoms with Gasteiger partial charge in [0.2, 0.25) is 0 Å². The number of alkyl halides is 1. The molecule has 0 unspecified atom stereocenters. The van der Waals surface area contributed by atoms with E-state index in [1.54, 1.807) is 12.1 Å². The Morgan fingerprint density at radius 2 is 2.31 bits per heavy atom. The Morgan fingerprint density at radius 1 is 1.62 bits per heavy atom. The van der Waals surface area contributed by atoms with Gasteiger partial charge in [0.15, 0.2) is 0 Å². The first-order chi connectivity index (χ1) is 6.20. The van der Waals surface area contributed by atoms with Crippen LogP contribution in [0.2, 0.25) is 0 Å². The lowest BCUT2D eigenvalue weighted by atomic mass is 10.2. The van der Waals surface area contributed by atoms with E-state index in [1.807, 2.05) is 0 Å². The first-order valence-electron chi connectivity index (χ1n) is 3.57. The maximum atomic E-state index is 10.5. The van der Waals surface area contributed by atoms with Gasteiger partial charge in [0, 0.05) is 6.07 Å². The zero-order valence-electron chi connectivity index (χ0n) is 6.99. The highest BCUT2D eigenvalue weighted by Gasteiger charge is 2.16. The summed E-state index contributed by atoms with van der Waals surface area (Å²) in [6, 6.07) is 4.61. The molecule has 1 aromatic carbocycles. The molecule has 0 spiro atoms. The van der Waals surface area contributed by atoms with Crippen LogP contribution in [0.5, 0.6) is 5.75 Å². The molecule has 0 saturated heterocycles. The fraction of sp³-hybridized carbons (Fsp3) is 0.250. The first-order valence-corrected chi connectivity index (χ1v) is 4.10. The number of nitro benzene ring substituents is 1. The Kier molecular flexibility index (Phi) is 3.08. The van der Waals surface area contributed by atoms with Crippen LogP contribution in [0.3, 0.4) is 0 Å². The Hall–Kier alpha value is -1.29. The van der Waals surface area contributed by atoms with Crippen molar-refractivity contribution >= 4 is 17.3 Å². The quantitative estimate of drug-likeness (QED) is 0.429.